The summed E-state index contributed by atoms with van der Waals surface area (Å²) in [5.74, 6) is -0.716. The molecule has 0 saturated heterocycles. The first-order valence-electron chi connectivity index (χ1n) is 12.4. The van der Waals surface area contributed by atoms with Crippen molar-refractivity contribution in [3.63, 3.8) is 0 Å². The Hall–Kier alpha value is -4.50. The number of aliphatic hydroxyl groups is 3. The van der Waals surface area contributed by atoms with Gasteiger partial charge in [-0.25, -0.2) is 0 Å². The zero-order valence-electron chi connectivity index (χ0n) is 21.3. The third-order valence-corrected chi connectivity index (χ3v) is 7.94. The lowest BCUT2D eigenvalue weighted by Gasteiger charge is -2.14. The van der Waals surface area contributed by atoms with Crippen LogP contribution >= 0.6 is 0 Å². The quantitative estimate of drug-likeness (QED) is 0.249. The van der Waals surface area contributed by atoms with E-state index in [1.165, 1.54) is 22.3 Å². The lowest BCUT2D eigenvalue weighted by Crippen LogP contribution is -1.96. The summed E-state index contributed by atoms with van der Waals surface area (Å²) in [5.41, 5.74) is 15.2. The molecule has 0 aliphatic heterocycles. The molecule has 0 heterocycles. The molecule has 0 spiro atoms. The number of rotatable bonds is 2. The highest BCUT2D eigenvalue weighted by Crippen LogP contribution is 2.58. The average molecular weight is 485 g/mol. The van der Waals surface area contributed by atoms with Crippen LogP contribution in [-0.2, 0) is 0 Å². The summed E-state index contributed by atoms with van der Waals surface area (Å²) in [7, 11) is 0. The molecule has 182 valence electrons. The van der Waals surface area contributed by atoms with Crippen LogP contribution in [0.2, 0.25) is 0 Å². The zero-order valence-corrected chi connectivity index (χ0v) is 21.3. The predicted molar refractivity (Wildman–Crippen MR) is 152 cm³/mol. The van der Waals surface area contributed by atoms with Gasteiger partial charge in [0.15, 0.2) is 0 Å². The van der Waals surface area contributed by atoms with Gasteiger partial charge in [0.2, 0.25) is 0 Å². The van der Waals surface area contributed by atoms with Crippen molar-refractivity contribution in [2.75, 3.05) is 0 Å². The number of fused-ring (bicyclic) bond motifs is 4. The Morgan fingerprint density at radius 3 is 1.46 bits per heavy atom. The Bertz CT molecular complexity index is 1730. The third kappa shape index (κ3) is 3.42. The Labute approximate surface area is 217 Å². The smallest absolute Gasteiger partial charge is 0.283 e. The largest absolute Gasteiger partial charge is 0.515 e. The molecule has 2 aliphatic rings. The molecule has 3 nitrogen and oxygen atoms in total. The molecule has 0 fully saturated rings. The molecule has 4 aromatic carbocycles. The van der Waals surface area contributed by atoms with Gasteiger partial charge in [0, 0.05) is 16.7 Å². The number of benzene rings is 4. The van der Waals surface area contributed by atoms with Crippen molar-refractivity contribution < 1.29 is 15.3 Å². The van der Waals surface area contributed by atoms with Gasteiger partial charge in [-0.3, -0.25) is 0 Å². The molecule has 4 aromatic rings. The Morgan fingerprint density at radius 2 is 0.973 bits per heavy atom. The van der Waals surface area contributed by atoms with Crippen molar-refractivity contribution in [1.82, 2.24) is 0 Å². The van der Waals surface area contributed by atoms with Gasteiger partial charge in [0.25, 0.3) is 5.95 Å². The minimum Gasteiger partial charge on any atom is -0.515 e. The van der Waals surface area contributed by atoms with Gasteiger partial charge in [0.1, 0.15) is 0 Å². The fraction of sp³-hybridized carbons (Fsp3) is 0.118. The molecule has 0 saturated carbocycles. The van der Waals surface area contributed by atoms with Crippen LogP contribution in [0.15, 0.2) is 85.0 Å². The Morgan fingerprint density at radius 1 is 0.514 bits per heavy atom. The summed E-state index contributed by atoms with van der Waals surface area (Å²) in [6, 6.07) is 25.0. The van der Waals surface area contributed by atoms with Crippen LogP contribution in [-0.4, -0.2) is 15.3 Å². The molecule has 0 amide bonds. The molecular formula is C34H28O3. The van der Waals surface area contributed by atoms with Gasteiger partial charge in [-0.2, -0.15) is 0 Å². The van der Waals surface area contributed by atoms with E-state index in [9.17, 15) is 15.3 Å². The number of allylic oxidation sites excluding steroid dienone is 4. The summed E-state index contributed by atoms with van der Waals surface area (Å²) in [5, 5.41) is 31.3. The SMILES string of the molecule is Cc1ccc(-c2ccc3c(c2)C2=C(C3=C(O)O)c3cc(-c4ccc(C)c(C)c4)ccc3/C2=C/O)cc1C. The Kier molecular flexibility index (Phi) is 5.13. The van der Waals surface area contributed by atoms with E-state index in [0.29, 0.717) is 11.1 Å². The molecule has 6 rings (SSSR count). The fourth-order valence-electron chi connectivity index (χ4n) is 5.60. The summed E-state index contributed by atoms with van der Waals surface area (Å²) >= 11 is 0. The maximum Gasteiger partial charge on any atom is 0.283 e. The van der Waals surface area contributed by atoms with Crippen molar-refractivity contribution >= 4 is 22.3 Å². The van der Waals surface area contributed by atoms with E-state index < -0.39 is 5.95 Å². The molecule has 0 radical (unpaired) electrons. The van der Waals surface area contributed by atoms with E-state index in [-0.39, 0.29) is 0 Å². The monoisotopic (exact) mass is 484 g/mol. The first-order chi connectivity index (χ1) is 17.8. The number of aliphatic hydroxyl groups excluding tert-OH is 2. The highest BCUT2D eigenvalue weighted by Gasteiger charge is 2.39. The van der Waals surface area contributed by atoms with Crippen molar-refractivity contribution in [2.45, 2.75) is 27.7 Å². The highest BCUT2D eigenvalue weighted by molar-refractivity contribution is 6.36. The number of hydrogen-bond acceptors (Lipinski definition) is 3. The van der Waals surface area contributed by atoms with E-state index in [2.05, 4.69) is 82.3 Å². The van der Waals surface area contributed by atoms with Gasteiger partial charge >= 0.3 is 0 Å². The predicted octanol–water partition coefficient (Wildman–Crippen LogP) is 8.88. The molecule has 0 aromatic heterocycles. The second-order valence-electron chi connectivity index (χ2n) is 10.1. The molecule has 0 bridgehead atoms. The summed E-state index contributed by atoms with van der Waals surface area (Å²) in [6.07, 6.45) is 1.14. The average Bonchev–Trinajstić information content (AvgIpc) is 3.38. The van der Waals surface area contributed by atoms with Gasteiger partial charge < -0.3 is 15.3 Å². The maximum absolute atomic E-state index is 10.5. The van der Waals surface area contributed by atoms with Crippen LogP contribution in [0.3, 0.4) is 0 Å². The second kappa shape index (κ2) is 8.28. The van der Waals surface area contributed by atoms with Crippen LogP contribution < -0.4 is 0 Å². The zero-order chi connectivity index (χ0) is 26.0. The van der Waals surface area contributed by atoms with Gasteiger partial charge in [-0.1, -0.05) is 60.7 Å². The standard InChI is InChI=1S/C34H28O3/c1-18-5-7-22(13-20(18)3)24-9-11-26-28(15-24)32-31(30(26)17-35)29-16-25(10-12-27(29)33(32)34(36)37)23-8-6-19(2)21(4)14-23/h5-17,35-37H,1-4H3/b30-17-. The molecule has 0 atom stereocenters. The summed E-state index contributed by atoms with van der Waals surface area (Å²) < 4.78 is 0. The molecule has 2 aliphatic carbocycles. The lowest BCUT2D eigenvalue weighted by molar-refractivity contribution is 0.195. The van der Waals surface area contributed by atoms with E-state index in [0.717, 1.165) is 61.9 Å². The normalized spacial score (nSPS) is 14.7. The lowest BCUT2D eigenvalue weighted by atomic mass is 9.89. The van der Waals surface area contributed by atoms with Crippen molar-refractivity contribution in [1.29, 1.82) is 0 Å². The fourth-order valence-corrected chi connectivity index (χ4v) is 5.60. The van der Waals surface area contributed by atoms with E-state index in [4.69, 9.17) is 0 Å². The minimum absolute atomic E-state index is 0.395. The number of aryl methyl sites for hydroxylation is 4. The molecule has 3 heteroatoms. The molecule has 3 N–H and O–H groups in total. The first kappa shape index (κ1) is 22.9. The van der Waals surface area contributed by atoms with E-state index >= 15 is 0 Å². The van der Waals surface area contributed by atoms with E-state index in [1.54, 1.807) is 0 Å². The van der Waals surface area contributed by atoms with Crippen LogP contribution in [0.5, 0.6) is 0 Å². The van der Waals surface area contributed by atoms with Crippen LogP contribution in [0.1, 0.15) is 44.5 Å². The highest BCUT2D eigenvalue weighted by atomic mass is 16.5. The maximum atomic E-state index is 10.5. The minimum atomic E-state index is -0.716. The first-order valence-corrected chi connectivity index (χ1v) is 12.4. The summed E-state index contributed by atoms with van der Waals surface area (Å²) in [4.78, 5) is 0. The molecule has 0 unspecified atom stereocenters. The van der Waals surface area contributed by atoms with Crippen molar-refractivity contribution in [3.05, 3.63) is 130 Å². The van der Waals surface area contributed by atoms with Gasteiger partial charge in [-0.05, 0) is 107 Å². The van der Waals surface area contributed by atoms with Gasteiger partial charge in [-0.15, -0.1) is 0 Å². The van der Waals surface area contributed by atoms with Crippen LogP contribution in [0.4, 0.5) is 0 Å². The van der Waals surface area contributed by atoms with Gasteiger partial charge in [0.05, 0.1) is 11.8 Å². The Balaban J connectivity index is 1.57. The van der Waals surface area contributed by atoms with Crippen LogP contribution in [0.25, 0.3) is 44.5 Å². The van der Waals surface area contributed by atoms with E-state index in [1.807, 2.05) is 18.2 Å². The molecular weight excluding hydrogens is 456 g/mol. The third-order valence-electron chi connectivity index (χ3n) is 7.94. The second-order valence-corrected chi connectivity index (χ2v) is 10.1. The topological polar surface area (TPSA) is 60.7 Å². The van der Waals surface area contributed by atoms with Crippen LogP contribution in [0, 0.1) is 27.7 Å². The summed E-state index contributed by atoms with van der Waals surface area (Å²) in [6.45, 7) is 8.40. The number of hydrogen-bond donors (Lipinski definition) is 3. The van der Waals surface area contributed by atoms with Crippen molar-refractivity contribution in [2.24, 2.45) is 0 Å². The van der Waals surface area contributed by atoms with Crippen molar-refractivity contribution in [3.8, 4) is 22.3 Å². The molecule has 37 heavy (non-hydrogen) atoms.